The van der Waals surface area contributed by atoms with E-state index >= 15 is 0 Å². The summed E-state index contributed by atoms with van der Waals surface area (Å²) in [4.78, 5) is 4.42. The molecule has 2 atom stereocenters. The van der Waals surface area contributed by atoms with Gasteiger partial charge in [-0.25, -0.2) is 0 Å². The lowest BCUT2D eigenvalue weighted by molar-refractivity contribution is 0.185. The second-order valence-corrected chi connectivity index (χ2v) is 6.66. The molecule has 2 unspecified atom stereocenters. The topological polar surface area (TPSA) is 38.9 Å². The minimum atomic E-state index is -0.207. The number of benzene rings is 1. The molecular formula is C18H24N2. The van der Waals surface area contributed by atoms with Crippen molar-refractivity contribution in [3.05, 3.63) is 42.2 Å². The van der Waals surface area contributed by atoms with Gasteiger partial charge in [-0.15, -0.1) is 0 Å². The predicted octanol–water partition coefficient (Wildman–Crippen LogP) is 4.24. The highest BCUT2D eigenvalue weighted by Gasteiger charge is 2.36. The average Bonchev–Trinajstić information content (AvgIpc) is 2.46. The molecule has 1 aliphatic rings. The minimum absolute atomic E-state index is 0.207. The van der Waals surface area contributed by atoms with Crippen molar-refractivity contribution in [2.45, 2.75) is 45.1 Å². The van der Waals surface area contributed by atoms with E-state index in [-0.39, 0.29) is 5.54 Å². The quantitative estimate of drug-likeness (QED) is 0.885. The lowest BCUT2D eigenvalue weighted by Gasteiger charge is -2.40. The highest BCUT2D eigenvalue weighted by Crippen LogP contribution is 2.42. The molecule has 1 fully saturated rings. The summed E-state index contributed by atoms with van der Waals surface area (Å²) in [5, 5.41) is 2.47. The van der Waals surface area contributed by atoms with Gasteiger partial charge in [-0.05, 0) is 35.6 Å². The van der Waals surface area contributed by atoms with Gasteiger partial charge in [0.05, 0.1) is 0 Å². The summed E-state index contributed by atoms with van der Waals surface area (Å²) >= 11 is 0. The van der Waals surface area contributed by atoms with Crippen LogP contribution in [0.1, 0.15) is 45.1 Å². The third kappa shape index (κ3) is 2.33. The predicted molar refractivity (Wildman–Crippen MR) is 84.4 cm³/mol. The van der Waals surface area contributed by atoms with Gasteiger partial charge in [0.1, 0.15) is 0 Å². The van der Waals surface area contributed by atoms with Crippen LogP contribution in [-0.2, 0) is 5.54 Å². The van der Waals surface area contributed by atoms with Crippen molar-refractivity contribution in [2.24, 2.45) is 17.6 Å². The second-order valence-electron chi connectivity index (χ2n) is 6.66. The van der Waals surface area contributed by atoms with Crippen molar-refractivity contribution in [1.29, 1.82) is 0 Å². The number of nitrogens with two attached hydrogens (primary N) is 1. The molecule has 0 aliphatic heterocycles. The molecule has 2 N–H and O–H groups in total. The van der Waals surface area contributed by atoms with E-state index in [1.807, 2.05) is 12.4 Å². The monoisotopic (exact) mass is 268 g/mol. The summed E-state index contributed by atoms with van der Waals surface area (Å²) in [7, 11) is 0. The Morgan fingerprint density at radius 1 is 1.25 bits per heavy atom. The Hall–Kier alpha value is -1.41. The molecule has 1 saturated carbocycles. The van der Waals surface area contributed by atoms with Crippen molar-refractivity contribution >= 4 is 10.8 Å². The first kappa shape index (κ1) is 13.6. The highest BCUT2D eigenvalue weighted by molar-refractivity contribution is 5.85. The van der Waals surface area contributed by atoms with E-state index in [0.29, 0.717) is 5.92 Å². The molecule has 2 nitrogen and oxygen atoms in total. The van der Waals surface area contributed by atoms with Gasteiger partial charge in [-0.3, -0.25) is 4.98 Å². The van der Waals surface area contributed by atoms with Crippen LogP contribution in [0.2, 0.25) is 0 Å². The molecule has 3 rings (SSSR count). The normalized spacial score (nSPS) is 27.1. The van der Waals surface area contributed by atoms with Gasteiger partial charge in [0, 0.05) is 23.3 Å². The smallest absolute Gasteiger partial charge is 0.0433 e. The number of rotatable bonds is 2. The Balaban J connectivity index is 2.05. The first-order valence-electron chi connectivity index (χ1n) is 7.72. The fourth-order valence-corrected chi connectivity index (χ4v) is 3.68. The van der Waals surface area contributed by atoms with Crippen LogP contribution in [-0.4, -0.2) is 4.98 Å². The van der Waals surface area contributed by atoms with E-state index in [4.69, 9.17) is 5.73 Å². The number of fused-ring (bicyclic) bond motifs is 1. The zero-order valence-corrected chi connectivity index (χ0v) is 12.5. The molecule has 1 heterocycles. The number of hydrogen-bond acceptors (Lipinski definition) is 2. The fraction of sp³-hybridized carbons (Fsp3) is 0.500. The lowest BCUT2D eigenvalue weighted by atomic mass is 9.69. The van der Waals surface area contributed by atoms with Crippen LogP contribution >= 0.6 is 0 Å². The molecule has 1 aliphatic carbocycles. The Labute approximate surface area is 121 Å². The first-order valence-corrected chi connectivity index (χ1v) is 7.72. The van der Waals surface area contributed by atoms with E-state index in [0.717, 1.165) is 18.8 Å². The van der Waals surface area contributed by atoms with Gasteiger partial charge in [0.25, 0.3) is 0 Å². The maximum Gasteiger partial charge on any atom is 0.0433 e. The summed E-state index contributed by atoms with van der Waals surface area (Å²) in [6, 6.07) is 8.46. The lowest BCUT2D eigenvalue weighted by Crippen LogP contribution is -2.42. The van der Waals surface area contributed by atoms with Gasteiger partial charge in [0.15, 0.2) is 0 Å². The third-order valence-corrected chi connectivity index (χ3v) is 4.97. The van der Waals surface area contributed by atoms with Crippen LogP contribution in [0.5, 0.6) is 0 Å². The van der Waals surface area contributed by atoms with Gasteiger partial charge in [0.2, 0.25) is 0 Å². The van der Waals surface area contributed by atoms with Gasteiger partial charge in [-0.2, -0.15) is 0 Å². The molecular weight excluding hydrogens is 244 g/mol. The largest absolute Gasteiger partial charge is 0.321 e. The molecule has 0 spiro atoms. The number of nitrogens with zero attached hydrogens (tertiary/aromatic N) is 1. The molecule has 2 heteroatoms. The second kappa shape index (κ2) is 5.17. The summed E-state index contributed by atoms with van der Waals surface area (Å²) in [5.74, 6) is 1.44. The molecule has 2 aromatic rings. The van der Waals surface area contributed by atoms with E-state index in [2.05, 4.69) is 43.1 Å². The van der Waals surface area contributed by atoms with Crippen molar-refractivity contribution in [3.63, 3.8) is 0 Å². The van der Waals surface area contributed by atoms with Crippen molar-refractivity contribution in [3.8, 4) is 0 Å². The zero-order chi connectivity index (χ0) is 14.2. The Morgan fingerprint density at radius 2 is 2.05 bits per heavy atom. The van der Waals surface area contributed by atoms with Crippen LogP contribution in [0.4, 0.5) is 0 Å². The number of pyridine rings is 1. The zero-order valence-electron chi connectivity index (χ0n) is 12.5. The first-order chi connectivity index (χ1) is 9.60. The summed E-state index contributed by atoms with van der Waals surface area (Å²) in [5.41, 5.74) is 7.86. The van der Waals surface area contributed by atoms with Crippen LogP contribution in [0, 0.1) is 11.8 Å². The van der Waals surface area contributed by atoms with Crippen molar-refractivity contribution in [1.82, 2.24) is 4.98 Å². The Kier molecular flexibility index (Phi) is 3.51. The molecule has 106 valence electrons. The average molecular weight is 268 g/mol. The van der Waals surface area contributed by atoms with Crippen LogP contribution in [0.3, 0.4) is 0 Å². The molecule has 0 radical (unpaired) electrons. The SMILES string of the molecule is CC(C)C1CCCC(N)(c2cncc3ccccc23)C1. The minimum Gasteiger partial charge on any atom is -0.321 e. The molecule has 1 aromatic heterocycles. The molecule has 0 amide bonds. The number of hydrogen-bond donors (Lipinski definition) is 1. The summed E-state index contributed by atoms with van der Waals surface area (Å²) in [6.07, 6.45) is 8.62. The van der Waals surface area contributed by atoms with E-state index < -0.39 is 0 Å². The van der Waals surface area contributed by atoms with Gasteiger partial charge in [-0.1, -0.05) is 51.0 Å². The van der Waals surface area contributed by atoms with Gasteiger partial charge < -0.3 is 5.73 Å². The van der Waals surface area contributed by atoms with E-state index in [1.54, 1.807) is 0 Å². The van der Waals surface area contributed by atoms with Crippen molar-refractivity contribution in [2.75, 3.05) is 0 Å². The van der Waals surface area contributed by atoms with Crippen LogP contribution < -0.4 is 5.73 Å². The van der Waals surface area contributed by atoms with Crippen molar-refractivity contribution < 1.29 is 0 Å². The third-order valence-electron chi connectivity index (χ3n) is 4.97. The molecule has 20 heavy (non-hydrogen) atoms. The van der Waals surface area contributed by atoms with E-state index in [9.17, 15) is 0 Å². The summed E-state index contributed by atoms with van der Waals surface area (Å²) in [6.45, 7) is 4.63. The highest BCUT2D eigenvalue weighted by atomic mass is 14.8. The Bertz CT molecular complexity index is 600. The Morgan fingerprint density at radius 3 is 2.85 bits per heavy atom. The van der Waals surface area contributed by atoms with Crippen LogP contribution in [0.25, 0.3) is 10.8 Å². The van der Waals surface area contributed by atoms with E-state index in [1.165, 1.54) is 29.2 Å². The summed E-state index contributed by atoms with van der Waals surface area (Å²) < 4.78 is 0. The standard InChI is InChI=1S/C18H24N2/c1-13(2)14-7-5-9-18(19,10-14)17-12-20-11-15-6-3-4-8-16(15)17/h3-4,6,8,11-14H,5,7,9-10,19H2,1-2H3. The van der Waals surface area contributed by atoms with Gasteiger partial charge >= 0.3 is 0 Å². The molecule has 1 aromatic carbocycles. The maximum atomic E-state index is 6.83. The molecule has 0 saturated heterocycles. The number of aromatic nitrogens is 1. The van der Waals surface area contributed by atoms with Crippen LogP contribution in [0.15, 0.2) is 36.7 Å². The maximum absolute atomic E-state index is 6.83. The molecule has 0 bridgehead atoms. The fourth-order valence-electron chi connectivity index (χ4n) is 3.68.